The van der Waals surface area contributed by atoms with Crippen LogP contribution in [-0.4, -0.2) is 22.3 Å². The molecule has 0 aliphatic heterocycles. The van der Waals surface area contributed by atoms with Crippen molar-refractivity contribution in [2.45, 2.75) is 109 Å². The van der Waals surface area contributed by atoms with Crippen molar-refractivity contribution < 1.29 is 15.0 Å². The van der Waals surface area contributed by atoms with Gasteiger partial charge in [-0.15, -0.1) is 0 Å². The lowest BCUT2D eigenvalue weighted by molar-refractivity contribution is -0.137. The minimum absolute atomic E-state index is 0.137. The number of aryl methyl sites for hydroxylation is 2. The van der Waals surface area contributed by atoms with Crippen LogP contribution in [0, 0.1) is 0 Å². The van der Waals surface area contributed by atoms with Gasteiger partial charge in [-0.1, -0.05) is 76.1 Å². The first kappa shape index (κ1) is 23.7. The topological polar surface area (TPSA) is 57.5 Å². The quantitative estimate of drug-likeness (QED) is 0.313. The number of unbranched alkanes of at least 4 members (excludes halogenated alkanes) is 7. The maximum Gasteiger partial charge on any atom is 0.303 e. The summed E-state index contributed by atoms with van der Waals surface area (Å²) in [4.78, 5) is 10.6. The Hall–Kier alpha value is -1.35. The fourth-order valence-corrected chi connectivity index (χ4v) is 3.64. The summed E-state index contributed by atoms with van der Waals surface area (Å²) in [6, 6.07) is 8.52. The molecule has 0 aromatic heterocycles. The summed E-state index contributed by atoms with van der Waals surface area (Å²) in [5, 5.41) is 18.9. The first-order chi connectivity index (χ1) is 13.1. The molecule has 2 N–H and O–H groups in total. The fraction of sp³-hybridized carbons (Fsp3) is 0.708. The second-order valence-corrected chi connectivity index (χ2v) is 7.83. The summed E-state index contributed by atoms with van der Waals surface area (Å²) in [5.74, 6) is -0.706. The Bertz CT molecular complexity index is 498. The van der Waals surface area contributed by atoms with Gasteiger partial charge in [-0.3, -0.25) is 4.79 Å². The molecule has 3 heteroatoms. The van der Waals surface area contributed by atoms with Gasteiger partial charge in [0.1, 0.15) is 0 Å². The van der Waals surface area contributed by atoms with Crippen LogP contribution in [0.5, 0.6) is 0 Å². The first-order valence-electron chi connectivity index (χ1n) is 11.1. The van der Waals surface area contributed by atoms with Crippen LogP contribution < -0.4 is 0 Å². The van der Waals surface area contributed by atoms with Gasteiger partial charge in [0, 0.05) is 6.42 Å². The third-order valence-corrected chi connectivity index (χ3v) is 5.33. The summed E-state index contributed by atoms with van der Waals surface area (Å²) in [6.07, 6.45) is 15.5. The monoisotopic (exact) mass is 376 g/mol. The minimum atomic E-state index is -0.706. The number of aliphatic hydroxyl groups is 1. The molecule has 0 bridgehead atoms. The number of benzene rings is 1. The summed E-state index contributed by atoms with van der Waals surface area (Å²) < 4.78 is 0. The lowest BCUT2D eigenvalue weighted by Gasteiger charge is -2.12. The molecule has 0 aliphatic carbocycles. The van der Waals surface area contributed by atoms with E-state index in [1.54, 1.807) is 0 Å². The van der Waals surface area contributed by atoms with Crippen LogP contribution in [0.3, 0.4) is 0 Å². The molecule has 0 heterocycles. The molecule has 0 saturated heterocycles. The van der Waals surface area contributed by atoms with Gasteiger partial charge >= 0.3 is 5.97 Å². The number of aliphatic hydroxyl groups excluding tert-OH is 1. The summed E-state index contributed by atoms with van der Waals surface area (Å²) in [7, 11) is 0. The third-order valence-electron chi connectivity index (χ3n) is 5.33. The van der Waals surface area contributed by atoms with Crippen LogP contribution in [0.25, 0.3) is 0 Å². The van der Waals surface area contributed by atoms with Crippen LogP contribution in [-0.2, 0) is 17.6 Å². The molecule has 1 aromatic rings. The largest absolute Gasteiger partial charge is 0.481 e. The zero-order chi connectivity index (χ0) is 19.7. The number of rotatable bonds is 17. The molecule has 0 aliphatic rings. The predicted molar refractivity (Wildman–Crippen MR) is 113 cm³/mol. The number of carboxylic acid groups (broad SMARTS) is 1. The summed E-state index contributed by atoms with van der Waals surface area (Å²) in [6.45, 7) is 2.24. The molecule has 0 saturated carbocycles. The highest BCUT2D eigenvalue weighted by atomic mass is 16.4. The van der Waals surface area contributed by atoms with Gasteiger partial charge < -0.3 is 10.2 Å². The number of aliphatic carboxylic acids is 1. The predicted octanol–water partition coefficient (Wildman–Crippen LogP) is 6.31. The third kappa shape index (κ3) is 12.6. The lowest BCUT2D eigenvalue weighted by Crippen LogP contribution is -2.06. The number of hydrogen-bond acceptors (Lipinski definition) is 2. The Morgan fingerprint density at radius 2 is 1.33 bits per heavy atom. The average molecular weight is 377 g/mol. The molecule has 0 amide bonds. The van der Waals surface area contributed by atoms with Gasteiger partial charge in [-0.2, -0.15) is 0 Å². The molecule has 1 rings (SSSR count). The van der Waals surface area contributed by atoms with Gasteiger partial charge in [0.2, 0.25) is 0 Å². The Kier molecular flexibility index (Phi) is 13.8. The van der Waals surface area contributed by atoms with E-state index in [4.69, 9.17) is 5.11 Å². The zero-order valence-electron chi connectivity index (χ0n) is 17.3. The van der Waals surface area contributed by atoms with Crippen molar-refractivity contribution in [1.29, 1.82) is 0 Å². The second kappa shape index (κ2) is 15.7. The molecular weight excluding hydrogens is 336 g/mol. The fourth-order valence-electron chi connectivity index (χ4n) is 3.64. The van der Waals surface area contributed by atoms with Gasteiger partial charge in [0.25, 0.3) is 0 Å². The van der Waals surface area contributed by atoms with Crippen LogP contribution in [0.4, 0.5) is 0 Å². The van der Waals surface area contributed by atoms with E-state index in [0.717, 1.165) is 57.8 Å². The van der Waals surface area contributed by atoms with Gasteiger partial charge in [0.15, 0.2) is 0 Å². The Balaban J connectivity index is 2.15. The van der Waals surface area contributed by atoms with Crippen molar-refractivity contribution >= 4 is 5.97 Å². The minimum Gasteiger partial charge on any atom is -0.481 e. The van der Waals surface area contributed by atoms with Crippen molar-refractivity contribution in [3.63, 3.8) is 0 Å². The van der Waals surface area contributed by atoms with E-state index in [0.29, 0.717) is 0 Å². The molecule has 1 aromatic carbocycles. The molecule has 154 valence electrons. The molecule has 0 spiro atoms. The zero-order valence-corrected chi connectivity index (χ0v) is 17.3. The van der Waals surface area contributed by atoms with Crippen molar-refractivity contribution in [1.82, 2.24) is 0 Å². The normalized spacial score (nSPS) is 12.2. The van der Waals surface area contributed by atoms with Crippen LogP contribution in [0.1, 0.15) is 102 Å². The smallest absolute Gasteiger partial charge is 0.303 e. The van der Waals surface area contributed by atoms with Crippen LogP contribution in [0.2, 0.25) is 0 Å². The Morgan fingerprint density at radius 1 is 0.815 bits per heavy atom. The first-order valence-corrected chi connectivity index (χ1v) is 11.1. The standard InChI is InChI=1S/C24H40O3/c1-2-3-4-5-6-7-18-23(25)19-12-10-16-21-14-8-9-15-22(21)17-11-13-20-24(26)27/h8-9,14-15,23,25H,2-7,10-13,16-20H2,1H3,(H,26,27)/t23-/m0/s1. The van der Waals surface area contributed by atoms with Crippen LogP contribution >= 0.6 is 0 Å². The number of carbonyl (C=O) groups is 1. The molecular formula is C24H40O3. The van der Waals surface area contributed by atoms with Gasteiger partial charge in [-0.05, 0) is 56.1 Å². The maximum atomic E-state index is 10.6. The SMILES string of the molecule is CCCCCCCC[C@H](O)CCCCc1ccccc1CCCCC(=O)O. The summed E-state index contributed by atoms with van der Waals surface area (Å²) >= 11 is 0. The Morgan fingerprint density at radius 3 is 1.93 bits per heavy atom. The van der Waals surface area contributed by atoms with E-state index < -0.39 is 5.97 Å². The van der Waals surface area contributed by atoms with Gasteiger partial charge in [-0.25, -0.2) is 0 Å². The average Bonchev–Trinajstić information content (AvgIpc) is 2.66. The van der Waals surface area contributed by atoms with Crippen molar-refractivity contribution in [3.8, 4) is 0 Å². The van der Waals surface area contributed by atoms with Gasteiger partial charge in [0.05, 0.1) is 6.10 Å². The highest BCUT2D eigenvalue weighted by Crippen LogP contribution is 2.17. The van der Waals surface area contributed by atoms with Crippen LogP contribution in [0.15, 0.2) is 24.3 Å². The Labute approximate surface area is 166 Å². The van der Waals surface area contributed by atoms with Crippen molar-refractivity contribution in [2.24, 2.45) is 0 Å². The molecule has 0 fully saturated rings. The molecule has 1 atom stereocenters. The van der Waals surface area contributed by atoms with E-state index in [1.165, 1.54) is 43.2 Å². The molecule has 3 nitrogen and oxygen atoms in total. The van der Waals surface area contributed by atoms with Crippen molar-refractivity contribution in [2.75, 3.05) is 0 Å². The van der Waals surface area contributed by atoms with E-state index in [1.807, 2.05) is 0 Å². The van der Waals surface area contributed by atoms with E-state index >= 15 is 0 Å². The van der Waals surface area contributed by atoms with Crippen molar-refractivity contribution in [3.05, 3.63) is 35.4 Å². The summed E-state index contributed by atoms with van der Waals surface area (Å²) in [5.41, 5.74) is 2.74. The molecule has 27 heavy (non-hydrogen) atoms. The molecule has 0 radical (unpaired) electrons. The highest BCUT2D eigenvalue weighted by molar-refractivity contribution is 5.66. The number of hydrogen-bond donors (Lipinski definition) is 2. The molecule has 0 unspecified atom stereocenters. The van der Waals surface area contributed by atoms with E-state index in [-0.39, 0.29) is 12.5 Å². The highest BCUT2D eigenvalue weighted by Gasteiger charge is 2.06. The number of carboxylic acids is 1. The van der Waals surface area contributed by atoms with E-state index in [9.17, 15) is 9.90 Å². The second-order valence-electron chi connectivity index (χ2n) is 7.83. The lowest BCUT2D eigenvalue weighted by atomic mass is 9.96. The van der Waals surface area contributed by atoms with E-state index in [2.05, 4.69) is 31.2 Å². The maximum absolute atomic E-state index is 10.6.